The van der Waals surface area contributed by atoms with Crippen LogP contribution >= 0.6 is 0 Å². The van der Waals surface area contributed by atoms with E-state index in [2.05, 4.69) is 36.2 Å². The number of pyridine rings is 1. The van der Waals surface area contributed by atoms with E-state index in [-0.39, 0.29) is 5.56 Å². The smallest absolute Gasteiger partial charge is 0.261 e. The van der Waals surface area contributed by atoms with E-state index in [4.69, 9.17) is 5.10 Å². The Morgan fingerprint density at radius 1 is 1.07 bits per heavy atom. The minimum atomic E-state index is 0.0198. The van der Waals surface area contributed by atoms with E-state index in [1.54, 1.807) is 4.57 Å². The van der Waals surface area contributed by atoms with Crippen LogP contribution in [0.15, 0.2) is 47.4 Å². The highest BCUT2D eigenvalue weighted by Gasteiger charge is 2.21. The Morgan fingerprint density at radius 3 is 2.57 bits per heavy atom. The van der Waals surface area contributed by atoms with Crippen molar-refractivity contribution in [1.29, 1.82) is 0 Å². The van der Waals surface area contributed by atoms with Gasteiger partial charge >= 0.3 is 0 Å². The fourth-order valence-corrected chi connectivity index (χ4v) is 4.38. The number of rotatable bonds is 3. The molecule has 28 heavy (non-hydrogen) atoms. The predicted octanol–water partition coefficient (Wildman–Crippen LogP) is 4.47. The van der Waals surface area contributed by atoms with Crippen molar-refractivity contribution in [2.45, 2.75) is 44.9 Å². The van der Waals surface area contributed by atoms with Crippen molar-refractivity contribution in [1.82, 2.24) is 19.2 Å². The summed E-state index contributed by atoms with van der Waals surface area (Å²) in [5, 5.41) is 5.62. The van der Waals surface area contributed by atoms with Crippen LogP contribution in [-0.4, -0.2) is 19.2 Å². The van der Waals surface area contributed by atoms with Gasteiger partial charge in [-0.3, -0.25) is 14.3 Å². The molecule has 1 saturated carbocycles. The molecule has 0 N–H and O–H groups in total. The Balaban J connectivity index is 1.73. The predicted molar refractivity (Wildman–Crippen MR) is 112 cm³/mol. The fourth-order valence-electron chi connectivity index (χ4n) is 4.38. The first-order chi connectivity index (χ1) is 13.7. The lowest BCUT2D eigenvalue weighted by atomic mass is 10.0. The lowest BCUT2D eigenvalue weighted by Gasteiger charge is -2.09. The number of aryl methyl sites for hydroxylation is 2. The van der Waals surface area contributed by atoms with E-state index < -0.39 is 0 Å². The molecule has 0 unspecified atom stereocenters. The lowest BCUT2D eigenvalue weighted by Crippen LogP contribution is -2.19. The second-order valence-corrected chi connectivity index (χ2v) is 7.81. The summed E-state index contributed by atoms with van der Waals surface area (Å²) in [7, 11) is 1.83. The van der Waals surface area contributed by atoms with Crippen molar-refractivity contribution in [2.75, 3.05) is 0 Å². The molecule has 0 aliphatic heterocycles. The highest BCUT2D eigenvalue weighted by atomic mass is 16.1. The molecule has 5 nitrogen and oxygen atoms in total. The average molecular weight is 372 g/mol. The van der Waals surface area contributed by atoms with Crippen molar-refractivity contribution in [3.63, 3.8) is 0 Å². The molecule has 3 heterocycles. The molecule has 1 aliphatic carbocycles. The Kier molecular flexibility index (Phi) is 4.04. The van der Waals surface area contributed by atoms with Crippen LogP contribution in [0.3, 0.4) is 0 Å². The van der Waals surface area contributed by atoms with Crippen LogP contribution in [0.5, 0.6) is 0 Å². The second kappa shape index (κ2) is 6.59. The van der Waals surface area contributed by atoms with Gasteiger partial charge in [0, 0.05) is 36.5 Å². The summed E-state index contributed by atoms with van der Waals surface area (Å²) in [6, 6.07) is 12.2. The monoisotopic (exact) mass is 372 g/mol. The Labute approximate surface area is 163 Å². The Hall–Kier alpha value is -2.95. The van der Waals surface area contributed by atoms with Crippen LogP contribution in [0.1, 0.15) is 49.9 Å². The number of hydrogen-bond acceptors (Lipinski definition) is 3. The molecular formula is C23H24N4O. The summed E-state index contributed by atoms with van der Waals surface area (Å²) in [6.45, 7) is 2.10. The summed E-state index contributed by atoms with van der Waals surface area (Å²) in [5.74, 6) is 0.513. The highest BCUT2D eigenvalue weighted by molar-refractivity contribution is 5.85. The molecule has 1 fully saturated rings. The highest BCUT2D eigenvalue weighted by Crippen LogP contribution is 2.34. The van der Waals surface area contributed by atoms with Crippen molar-refractivity contribution in [3.05, 3.63) is 64.3 Å². The van der Waals surface area contributed by atoms with E-state index in [1.807, 2.05) is 29.9 Å². The summed E-state index contributed by atoms with van der Waals surface area (Å²) >= 11 is 0. The quantitative estimate of drug-likeness (QED) is 0.533. The molecule has 0 saturated heterocycles. The zero-order chi connectivity index (χ0) is 19.3. The van der Waals surface area contributed by atoms with E-state index in [1.165, 1.54) is 25.7 Å². The number of benzene rings is 1. The summed E-state index contributed by atoms with van der Waals surface area (Å²) in [6.07, 6.45) is 7.75. The standard InChI is InChI=1S/C23H24N4O/c1-3-18-10-8-17(14-24-18)16-9-11-19-21(12-16)27-22(26(2)23(19)28)13-20(25-27)15-6-4-5-7-15/h8-15H,3-7H2,1-2H3. The van der Waals surface area contributed by atoms with Gasteiger partial charge in [0.25, 0.3) is 5.56 Å². The second-order valence-electron chi connectivity index (χ2n) is 7.81. The maximum absolute atomic E-state index is 12.9. The van der Waals surface area contributed by atoms with Gasteiger partial charge in [-0.15, -0.1) is 0 Å². The molecule has 5 rings (SSSR count). The van der Waals surface area contributed by atoms with Gasteiger partial charge in [-0.05, 0) is 43.0 Å². The minimum absolute atomic E-state index is 0.0198. The topological polar surface area (TPSA) is 52.2 Å². The average Bonchev–Trinajstić information content (AvgIpc) is 3.41. The lowest BCUT2D eigenvalue weighted by molar-refractivity contribution is 0.686. The van der Waals surface area contributed by atoms with Crippen LogP contribution in [-0.2, 0) is 13.5 Å². The molecule has 0 amide bonds. The third kappa shape index (κ3) is 2.65. The fraction of sp³-hybridized carbons (Fsp3) is 0.348. The van der Waals surface area contributed by atoms with E-state index >= 15 is 0 Å². The third-order valence-electron chi connectivity index (χ3n) is 6.11. The van der Waals surface area contributed by atoms with E-state index in [0.717, 1.165) is 40.1 Å². The van der Waals surface area contributed by atoms with Gasteiger partial charge in [0.05, 0.1) is 16.6 Å². The summed E-state index contributed by atoms with van der Waals surface area (Å²) < 4.78 is 3.66. The van der Waals surface area contributed by atoms with E-state index in [0.29, 0.717) is 11.3 Å². The molecule has 0 bridgehead atoms. The molecule has 0 spiro atoms. The van der Waals surface area contributed by atoms with Gasteiger partial charge in [0.1, 0.15) is 5.65 Å². The van der Waals surface area contributed by atoms with Gasteiger partial charge < -0.3 is 0 Å². The van der Waals surface area contributed by atoms with Crippen LogP contribution in [0.2, 0.25) is 0 Å². The largest absolute Gasteiger partial charge is 0.296 e. The zero-order valence-corrected chi connectivity index (χ0v) is 16.4. The summed E-state index contributed by atoms with van der Waals surface area (Å²) in [4.78, 5) is 17.4. The molecule has 1 aliphatic rings. The van der Waals surface area contributed by atoms with Crippen molar-refractivity contribution < 1.29 is 0 Å². The Morgan fingerprint density at radius 2 is 1.86 bits per heavy atom. The first kappa shape index (κ1) is 17.2. The molecule has 0 radical (unpaired) electrons. The number of fused-ring (bicyclic) bond motifs is 3. The normalized spacial score (nSPS) is 15.1. The molecule has 4 aromatic rings. The van der Waals surface area contributed by atoms with Gasteiger partial charge in [-0.2, -0.15) is 5.10 Å². The molecular weight excluding hydrogens is 348 g/mol. The first-order valence-corrected chi connectivity index (χ1v) is 10.1. The number of nitrogens with zero attached hydrogens (tertiary/aromatic N) is 4. The molecule has 5 heteroatoms. The van der Waals surface area contributed by atoms with Crippen LogP contribution in [0.4, 0.5) is 0 Å². The maximum atomic E-state index is 12.9. The molecule has 0 atom stereocenters. The maximum Gasteiger partial charge on any atom is 0.261 e. The van der Waals surface area contributed by atoms with E-state index in [9.17, 15) is 4.79 Å². The van der Waals surface area contributed by atoms with Gasteiger partial charge in [0.15, 0.2) is 0 Å². The Bertz CT molecular complexity index is 1230. The number of hydrogen-bond donors (Lipinski definition) is 0. The van der Waals surface area contributed by atoms with Crippen LogP contribution in [0, 0.1) is 0 Å². The molecule has 142 valence electrons. The zero-order valence-electron chi connectivity index (χ0n) is 16.4. The van der Waals surface area contributed by atoms with Crippen LogP contribution in [0.25, 0.3) is 27.7 Å². The third-order valence-corrected chi connectivity index (χ3v) is 6.11. The van der Waals surface area contributed by atoms with Gasteiger partial charge in [0.2, 0.25) is 0 Å². The molecule has 3 aromatic heterocycles. The summed E-state index contributed by atoms with van der Waals surface area (Å²) in [5.41, 5.74) is 6.03. The van der Waals surface area contributed by atoms with Gasteiger partial charge in [-0.1, -0.05) is 31.9 Å². The van der Waals surface area contributed by atoms with Crippen molar-refractivity contribution >= 4 is 16.6 Å². The first-order valence-electron chi connectivity index (χ1n) is 10.1. The van der Waals surface area contributed by atoms with Crippen molar-refractivity contribution in [2.24, 2.45) is 7.05 Å². The van der Waals surface area contributed by atoms with Crippen LogP contribution < -0.4 is 5.56 Å². The van der Waals surface area contributed by atoms with Gasteiger partial charge in [-0.25, -0.2) is 4.52 Å². The number of aromatic nitrogens is 4. The SMILES string of the molecule is CCc1ccc(-c2ccc3c(=O)n(C)c4cc(C5CCCC5)nn4c3c2)cn1. The minimum Gasteiger partial charge on any atom is -0.296 e. The van der Waals surface area contributed by atoms with Crippen molar-refractivity contribution in [3.8, 4) is 11.1 Å². The molecule has 1 aromatic carbocycles.